The van der Waals surface area contributed by atoms with E-state index in [2.05, 4.69) is 43.2 Å². The molecule has 0 bridgehead atoms. The van der Waals surface area contributed by atoms with Crippen molar-refractivity contribution in [3.05, 3.63) is 29.6 Å². The van der Waals surface area contributed by atoms with E-state index in [1.54, 1.807) is 0 Å². The van der Waals surface area contributed by atoms with Gasteiger partial charge in [-0.3, -0.25) is 4.98 Å². The minimum absolute atomic E-state index is 0.622. The van der Waals surface area contributed by atoms with Crippen LogP contribution in [0.3, 0.4) is 0 Å². The number of ether oxygens (including phenoxy) is 1. The van der Waals surface area contributed by atoms with Gasteiger partial charge in [0.25, 0.3) is 0 Å². The Kier molecular flexibility index (Phi) is 8.43. The zero-order chi connectivity index (χ0) is 13.9. The summed E-state index contributed by atoms with van der Waals surface area (Å²) in [5.74, 6) is 0.641. The molecule has 1 N–H and O–H groups in total. The van der Waals surface area contributed by atoms with Crippen LogP contribution in [-0.2, 0) is 17.9 Å². The van der Waals surface area contributed by atoms with Crippen LogP contribution in [0.2, 0.25) is 0 Å². The van der Waals surface area contributed by atoms with Crippen molar-refractivity contribution in [2.45, 2.75) is 53.2 Å². The van der Waals surface area contributed by atoms with Crippen LogP contribution < -0.4 is 5.32 Å². The molecule has 0 aliphatic heterocycles. The van der Waals surface area contributed by atoms with Crippen LogP contribution in [0.25, 0.3) is 0 Å². The van der Waals surface area contributed by atoms with Crippen LogP contribution in [0.5, 0.6) is 0 Å². The summed E-state index contributed by atoms with van der Waals surface area (Å²) >= 11 is 0. The fourth-order valence-electron chi connectivity index (χ4n) is 2.00. The van der Waals surface area contributed by atoms with Gasteiger partial charge in [-0.05, 0) is 36.9 Å². The summed E-state index contributed by atoms with van der Waals surface area (Å²) in [6, 6.07) is 4.19. The molecule has 0 saturated carbocycles. The first-order chi connectivity index (χ1) is 9.26. The summed E-state index contributed by atoms with van der Waals surface area (Å²) in [4.78, 5) is 4.44. The average molecular weight is 264 g/mol. The first kappa shape index (κ1) is 16.1. The Bertz CT molecular complexity index is 324. The lowest BCUT2D eigenvalue weighted by molar-refractivity contribution is 0.0872. The predicted molar refractivity (Wildman–Crippen MR) is 80.0 cm³/mol. The van der Waals surface area contributed by atoms with Crippen molar-refractivity contribution >= 4 is 0 Å². The molecule has 1 rings (SSSR count). The highest BCUT2D eigenvalue weighted by Crippen LogP contribution is 2.07. The van der Waals surface area contributed by atoms with Crippen LogP contribution in [-0.4, -0.2) is 18.1 Å². The molecule has 3 nitrogen and oxygen atoms in total. The Labute approximate surface area is 117 Å². The minimum atomic E-state index is 0.622. The van der Waals surface area contributed by atoms with Crippen LogP contribution in [0, 0.1) is 5.92 Å². The molecule has 0 aliphatic carbocycles. The van der Waals surface area contributed by atoms with Crippen LogP contribution in [0.1, 0.15) is 51.3 Å². The Morgan fingerprint density at radius 2 is 2.11 bits per heavy atom. The molecule has 108 valence electrons. The van der Waals surface area contributed by atoms with Crippen molar-refractivity contribution in [1.29, 1.82) is 0 Å². The zero-order valence-electron chi connectivity index (χ0n) is 12.6. The van der Waals surface area contributed by atoms with E-state index in [-0.39, 0.29) is 0 Å². The molecule has 0 aromatic carbocycles. The van der Waals surface area contributed by atoms with Gasteiger partial charge >= 0.3 is 0 Å². The number of nitrogens with one attached hydrogen (secondary N) is 1. The highest BCUT2D eigenvalue weighted by atomic mass is 16.5. The van der Waals surface area contributed by atoms with Gasteiger partial charge in [-0.1, -0.05) is 33.3 Å². The average Bonchev–Trinajstić information content (AvgIpc) is 2.41. The molecule has 0 saturated heterocycles. The van der Waals surface area contributed by atoms with E-state index in [1.807, 2.05) is 6.20 Å². The monoisotopic (exact) mass is 264 g/mol. The molecule has 1 aromatic rings. The van der Waals surface area contributed by atoms with Gasteiger partial charge in [0.15, 0.2) is 0 Å². The van der Waals surface area contributed by atoms with Crippen LogP contribution in [0.15, 0.2) is 18.3 Å². The fourth-order valence-corrected chi connectivity index (χ4v) is 2.00. The van der Waals surface area contributed by atoms with Gasteiger partial charge in [0.1, 0.15) is 0 Å². The molecule has 19 heavy (non-hydrogen) atoms. The summed E-state index contributed by atoms with van der Waals surface area (Å²) in [7, 11) is 0. The molecule has 1 atom stereocenters. The maximum absolute atomic E-state index is 5.69. The highest BCUT2D eigenvalue weighted by molar-refractivity contribution is 5.13. The molecule has 0 radical (unpaired) electrons. The van der Waals surface area contributed by atoms with E-state index in [4.69, 9.17) is 4.74 Å². The predicted octanol–water partition coefficient (Wildman–Crippen LogP) is 3.53. The third-order valence-electron chi connectivity index (χ3n) is 3.08. The van der Waals surface area contributed by atoms with Gasteiger partial charge in [-0.25, -0.2) is 0 Å². The maximum atomic E-state index is 5.69. The quantitative estimate of drug-likeness (QED) is 0.656. The second-order valence-electron chi connectivity index (χ2n) is 5.24. The summed E-state index contributed by atoms with van der Waals surface area (Å²) in [5.41, 5.74) is 2.25. The van der Waals surface area contributed by atoms with Crippen LogP contribution in [0.4, 0.5) is 0 Å². The summed E-state index contributed by atoms with van der Waals surface area (Å²) in [6.07, 6.45) is 5.56. The van der Waals surface area contributed by atoms with Crippen molar-refractivity contribution < 1.29 is 4.74 Å². The highest BCUT2D eigenvalue weighted by Gasteiger charge is 2.02. The molecule has 3 heteroatoms. The molecule has 1 unspecified atom stereocenters. The number of rotatable bonds is 10. The van der Waals surface area contributed by atoms with E-state index in [1.165, 1.54) is 18.4 Å². The third kappa shape index (κ3) is 7.28. The van der Waals surface area contributed by atoms with Crippen LogP contribution >= 0.6 is 0 Å². The second kappa shape index (κ2) is 9.93. The van der Waals surface area contributed by atoms with E-state index >= 15 is 0 Å². The van der Waals surface area contributed by atoms with Crippen molar-refractivity contribution in [2.24, 2.45) is 5.92 Å². The normalized spacial score (nSPS) is 12.6. The first-order valence-corrected chi connectivity index (χ1v) is 7.48. The standard InChI is InChI=1S/C16H28N2O/c1-4-6-14(3)12-19-13-16-8-7-15(11-18-16)10-17-9-5-2/h7-8,11,14,17H,4-6,9-10,12-13H2,1-3H3. The largest absolute Gasteiger partial charge is 0.375 e. The van der Waals surface area contributed by atoms with Crippen molar-refractivity contribution in [2.75, 3.05) is 13.2 Å². The lowest BCUT2D eigenvalue weighted by Crippen LogP contribution is -2.14. The van der Waals surface area contributed by atoms with E-state index < -0.39 is 0 Å². The smallest absolute Gasteiger partial charge is 0.0887 e. The molecule has 1 aromatic heterocycles. The first-order valence-electron chi connectivity index (χ1n) is 7.48. The van der Waals surface area contributed by atoms with Gasteiger partial charge in [-0.2, -0.15) is 0 Å². The Balaban J connectivity index is 2.24. The van der Waals surface area contributed by atoms with E-state index in [0.29, 0.717) is 12.5 Å². The minimum Gasteiger partial charge on any atom is -0.375 e. The number of pyridine rings is 1. The van der Waals surface area contributed by atoms with Gasteiger partial charge in [0, 0.05) is 19.3 Å². The molecule has 1 heterocycles. The van der Waals surface area contributed by atoms with E-state index in [9.17, 15) is 0 Å². The topological polar surface area (TPSA) is 34.1 Å². The Hall–Kier alpha value is -0.930. The fraction of sp³-hybridized carbons (Fsp3) is 0.688. The third-order valence-corrected chi connectivity index (χ3v) is 3.08. The summed E-state index contributed by atoms with van der Waals surface area (Å²) < 4.78 is 5.69. The van der Waals surface area contributed by atoms with Crippen molar-refractivity contribution in [1.82, 2.24) is 10.3 Å². The molecule has 0 aliphatic rings. The van der Waals surface area contributed by atoms with E-state index in [0.717, 1.165) is 31.8 Å². The number of nitrogens with zero attached hydrogens (tertiary/aromatic N) is 1. The molecule has 0 fully saturated rings. The molecular weight excluding hydrogens is 236 g/mol. The second-order valence-corrected chi connectivity index (χ2v) is 5.24. The van der Waals surface area contributed by atoms with Gasteiger partial charge in [0.05, 0.1) is 12.3 Å². The molecule has 0 spiro atoms. The lowest BCUT2D eigenvalue weighted by atomic mass is 10.1. The number of hydrogen-bond donors (Lipinski definition) is 1. The molecular formula is C16H28N2O. The zero-order valence-corrected chi connectivity index (χ0v) is 12.6. The number of aromatic nitrogens is 1. The molecule has 0 amide bonds. The van der Waals surface area contributed by atoms with Gasteiger partial charge in [-0.15, -0.1) is 0 Å². The van der Waals surface area contributed by atoms with Crippen molar-refractivity contribution in [3.63, 3.8) is 0 Å². The van der Waals surface area contributed by atoms with Crippen molar-refractivity contribution in [3.8, 4) is 0 Å². The lowest BCUT2D eigenvalue weighted by Gasteiger charge is -2.10. The summed E-state index contributed by atoms with van der Waals surface area (Å²) in [5, 5.41) is 3.37. The summed E-state index contributed by atoms with van der Waals surface area (Å²) in [6.45, 7) is 10.0. The maximum Gasteiger partial charge on any atom is 0.0887 e. The Morgan fingerprint density at radius 1 is 1.26 bits per heavy atom. The van der Waals surface area contributed by atoms with Gasteiger partial charge < -0.3 is 10.1 Å². The SMILES string of the molecule is CCCNCc1ccc(COCC(C)CCC)nc1. The van der Waals surface area contributed by atoms with Gasteiger partial charge in [0.2, 0.25) is 0 Å². The Morgan fingerprint density at radius 3 is 2.74 bits per heavy atom. The number of hydrogen-bond acceptors (Lipinski definition) is 3.